The first-order valence-electron chi connectivity index (χ1n) is 11.2. The molecule has 0 atom stereocenters. The number of aromatic nitrogens is 1. The van der Waals surface area contributed by atoms with E-state index < -0.39 is 5.97 Å². The number of hydrogen-bond acceptors (Lipinski definition) is 7. The number of nitrogens with one attached hydrogen (secondary N) is 1. The lowest BCUT2D eigenvalue weighted by Crippen LogP contribution is -2.38. The van der Waals surface area contributed by atoms with Crippen LogP contribution in [-0.4, -0.2) is 36.8 Å². The topological polar surface area (TPSA) is 95.9 Å². The lowest BCUT2D eigenvalue weighted by atomic mass is 10.2. The van der Waals surface area contributed by atoms with Crippen LogP contribution in [0.1, 0.15) is 25.0 Å². The van der Waals surface area contributed by atoms with E-state index in [2.05, 4.69) is 5.32 Å². The first-order chi connectivity index (χ1) is 17.0. The molecule has 0 aliphatic rings. The summed E-state index contributed by atoms with van der Waals surface area (Å²) >= 11 is 1.11. The molecule has 3 aromatic rings. The number of rotatable bonds is 10. The van der Waals surface area contributed by atoms with Crippen molar-refractivity contribution in [1.29, 1.82) is 0 Å². The van der Waals surface area contributed by atoms with E-state index in [1.807, 2.05) is 49.4 Å². The van der Waals surface area contributed by atoms with Gasteiger partial charge in [0.15, 0.2) is 0 Å². The van der Waals surface area contributed by atoms with Crippen molar-refractivity contribution in [3.8, 4) is 11.5 Å². The predicted molar refractivity (Wildman–Crippen MR) is 135 cm³/mol. The number of hydrogen-bond donors (Lipinski definition) is 1. The highest BCUT2D eigenvalue weighted by atomic mass is 32.1. The third-order valence-electron chi connectivity index (χ3n) is 4.94. The van der Waals surface area contributed by atoms with Gasteiger partial charge in [-0.05, 0) is 32.1 Å². The van der Waals surface area contributed by atoms with Crippen molar-refractivity contribution in [1.82, 2.24) is 9.88 Å². The number of methoxy groups -OCH3 is 1. The van der Waals surface area contributed by atoms with Crippen molar-refractivity contribution in [2.75, 3.05) is 20.3 Å². The molecule has 2 aromatic carbocycles. The zero-order valence-electron chi connectivity index (χ0n) is 19.9. The number of esters is 1. The SMILES string of the molecule is CCOC(=O)/C=c1\s/c(=C\c2ccccc2OCC)c(=O)n1CC(=O)NCc1ccccc1OC. The highest BCUT2D eigenvalue weighted by Crippen LogP contribution is 2.18. The van der Waals surface area contributed by atoms with Crippen LogP contribution in [-0.2, 0) is 27.4 Å². The van der Waals surface area contributed by atoms with E-state index in [1.165, 1.54) is 10.6 Å². The van der Waals surface area contributed by atoms with Gasteiger partial charge in [-0.2, -0.15) is 0 Å². The van der Waals surface area contributed by atoms with Crippen LogP contribution in [0.2, 0.25) is 0 Å². The van der Waals surface area contributed by atoms with Gasteiger partial charge in [-0.15, -0.1) is 11.3 Å². The highest BCUT2D eigenvalue weighted by molar-refractivity contribution is 7.07. The average molecular weight is 497 g/mol. The fourth-order valence-electron chi connectivity index (χ4n) is 3.35. The Morgan fingerprint density at radius 1 is 1.03 bits per heavy atom. The quantitative estimate of drug-likeness (QED) is 0.430. The fourth-order valence-corrected chi connectivity index (χ4v) is 4.37. The molecule has 1 N–H and O–H groups in total. The Labute approximate surface area is 207 Å². The third-order valence-corrected chi connectivity index (χ3v) is 6.00. The predicted octanol–water partition coefficient (Wildman–Crippen LogP) is 1.81. The van der Waals surface area contributed by atoms with E-state index in [-0.39, 0.29) is 31.2 Å². The molecule has 0 spiro atoms. The molecule has 1 aromatic heterocycles. The van der Waals surface area contributed by atoms with Gasteiger partial charge in [-0.1, -0.05) is 36.4 Å². The van der Waals surface area contributed by atoms with Gasteiger partial charge in [0.25, 0.3) is 5.56 Å². The molecule has 0 aliphatic carbocycles. The van der Waals surface area contributed by atoms with Crippen molar-refractivity contribution in [2.24, 2.45) is 0 Å². The molecule has 9 heteroatoms. The second kappa shape index (κ2) is 12.6. The molecule has 184 valence electrons. The molecular weight excluding hydrogens is 468 g/mol. The maximum Gasteiger partial charge on any atom is 0.333 e. The van der Waals surface area contributed by atoms with Crippen LogP contribution in [0.25, 0.3) is 12.2 Å². The Kier molecular flexibility index (Phi) is 9.25. The number of para-hydroxylation sites is 2. The molecule has 0 unspecified atom stereocenters. The van der Waals surface area contributed by atoms with E-state index >= 15 is 0 Å². The molecule has 35 heavy (non-hydrogen) atoms. The van der Waals surface area contributed by atoms with Crippen LogP contribution in [0.3, 0.4) is 0 Å². The second-order valence-electron chi connectivity index (χ2n) is 7.30. The number of amides is 1. The average Bonchev–Trinajstić information content (AvgIpc) is 3.13. The van der Waals surface area contributed by atoms with Crippen LogP contribution in [0.15, 0.2) is 53.3 Å². The Morgan fingerprint density at radius 2 is 1.74 bits per heavy atom. The van der Waals surface area contributed by atoms with Gasteiger partial charge in [-0.3, -0.25) is 14.2 Å². The standard InChI is InChI=1S/C26H28N2O6S/c1-4-33-21-13-9-6-10-18(21)14-22-26(31)28(24(35-22)15-25(30)34-5-2)17-23(29)27-16-19-11-7-8-12-20(19)32-3/h6-15H,4-5,16-17H2,1-3H3,(H,27,29)/b22-14-,24-15-. The summed E-state index contributed by atoms with van der Waals surface area (Å²) in [6.07, 6.45) is 2.93. The molecule has 0 saturated heterocycles. The van der Waals surface area contributed by atoms with Crippen molar-refractivity contribution >= 4 is 35.4 Å². The van der Waals surface area contributed by atoms with E-state index in [1.54, 1.807) is 26.2 Å². The van der Waals surface area contributed by atoms with Crippen LogP contribution in [0.4, 0.5) is 0 Å². The van der Waals surface area contributed by atoms with E-state index in [0.29, 0.717) is 27.3 Å². The zero-order valence-corrected chi connectivity index (χ0v) is 20.7. The van der Waals surface area contributed by atoms with Gasteiger partial charge < -0.3 is 19.5 Å². The van der Waals surface area contributed by atoms with Crippen LogP contribution in [0.5, 0.6) is 11.5 Å². The Morgan fingerprint density at radius 3 is 2.46 bits per heavy atom. The molecule has 0 saturated carbocycles. The number of nitrogens with zero attached hydrogens (tertiary/aromatic N) is 1. The fraction of sp³-hybridized carbons (Fsp3) is 0.269. The maximum absolute atomic E-state index is 13.2. The molecule has 1 amide bonds. The number of ether oxygens (including phenoxy) is 3. The molecule has 8 nitrogen and oxygen atoms in total. The molecular formula is C26H28N2O6S. The van der Waals surface area contributed by atoms with Gasteiger partial charge in [0.05, 0.1) is 30.9 Å². The second-order valence-corrected chi connectivity index (χ2v) is 8.36. The van der Waals surface area contributed by atoms with Gasteiger partial charge >= 0.3 is 5.97 Å². The number of benzene rings is 2. The smallest absolute Gasteiger partial charge is 0.333 e. The van der Waals surface area contributed by atoms with Gasteiger partial charge in [0, 0.05) is 17.7 Å². The summed E-state index contributed by atoms with van der Waals surface area (Å²) in [7, 11) is 1.56. The first kappa shape index (κ1) is 25.8. The Bertz CT molecular complexity index is 1360. The summed E-state index contributed by atoms with van der Waals surface area (Å²) in [6, 6.07) is 14.7. The third kappa shape index (κ3) is 6.83. The van der Waals surface area contributed by atoms with Crippen molar-refractivity contribution in [3.63, 3.8) is 0 Å². The zero-order chi connectivity index (χ0) is 25.2. The maximum atomic E-state index is 13.2. The molecule has 0 aliphatic heterocycles. The summed E-state index contributed by atoms with van der Waals surface area (Å²) in [5.41, 5.74) is 1.15. The number of thiazole rings is 1. The normalized spacial score (nSPS) is 11.9. The van der Waals surface area contributed by atoms with Gasteiger partial charge in [-0.25, -0.2) is 4.79 Å². The molecule has 0 radical (unpaired) electrons. The van der Waals surface area contributed by atoms with Crippen molar-refractivity contribution in [3.05, 3.63) is 79.2 Å². The number of carbonyl (C=O) groups excluding carboxylic acids is 2. The van der Waals surface area contributed by atoms with Crippen LogP contribution in [0, 0.1) is 0 Å². The minimum absolute atomic E-state index is 0.199. The minimum Gasteiger partial charge on any atom is -0.496 e. The van der Waals surface area contributed by atoms with E-state index in [9.17, 15) is 14.4 Å². The summed E-state index contributed by atoms with van der Waals surface area (Å²) < 4.78 is 17.9. The minimum atomic E-state index is -0.585. The summed E-state index contributed by atoms with van der Waals surface area (Å²) in [5.74, 6) is 0.329. The van der Waals surface area contributed by atoms with Crippen molar-refractivity contribution < 1.29 is 23.8 Å². The molecule has 0 fully saturated rings. The molecule has 1 heterocycles. The van der Waals surface area contributed by atoms with Crippen LogP contribution < -0.4 is 29.5 Å². The summed E-state index contributed by atoms with van der Waals surface area (Å²) in [4.78, 5) is 38.1. The van der Waals surface area contributed by atoms with Gasteiger partial charge in [0.2, 0.25) is 5.91 Å². The Balaban J connectivity index is 1.95. The lowest BCUT2D eigenvalue weighted by molar-refractivity contribution is -0.135. The highest BCUT2D eigenvalue weighted by Gasteiger charge is 2.12. The lowest BCUT2D eigenvalue weighted by Gasteiger charge is -2.09. The molecule has 3 rings (SSSR count). The largest absolute Gasteiger partial charge is 0.496 e. The van der Waals surface area contributed by atoms with Crippen molar-refractivity contribution in [2.45, 2.75) is 26.9 Å². The molecule has 0 bridgehead atoms. The van der Waals surface area contributed by atoms with Gasteiger partial charge in [0.1, 0.15) is 22.7 Å². The van der Waals surface area contributed by atoms with E-state index in [0.717, 1.165) is 22.5 Å². The Hall–Kier alpha value is -3.85. The summed E-state index contributed by atoms with van der Waals surface area (Å²) in [5, 5.41) is 2.81. The van der Waals surface area contributed by atoms with Crippen LogP contribution >= 0.6 is 11.3 Å². The monoisotopic (exact) mass is 496 g/mol. The summed E-state index contributed by atoms with van der Waals surface area (Å²) in [6.45, 7) is 4.24. The van der Waals surface area contributed by atoms with E-state index in [4.69, 9.17) is 14.2 Å². The first-order valence-corrected chi connectivity index (χ1v) is 12.0. The number of carbonyl (C=O) groups is 2.